The Hall–Kier alpha value is -2.54. The third kappa shape index (κ3) is 3.21. The van der Waals surface area contributed by atoms with Gasteiger partial charge < -0.3 is 9.84 Å². The minimum absolute atomic E-state index is 0.132. The number of benzene rings is 1. The van der Waals surface area contributed by atoms with Crippen molar-refractivity contribution in [2.24, 2.45) is 0 Å². The maximum Gasteiger partial charge on any atom is 0.246 e. The van der Waals surface area contributed by atoms with Crippen LogP contribution in [-0.2, 0) is 11.3 Å². The normalized spacial score (nSPS) is 13.9. The van der Waals surface area contributed by atoms with Gasteiger partial charge in [0.2, 0.25) is 17.6 Å². The molecule has 1 amide bonds. The van der Waals surface area contributed by atoms with Crippen molar-refractivity contribution in [1.82, 2.24) is 20.4 Å². The van der Waals surface area contributed by atoms with Crippen molar-refractivity contribution in [2.45, 2.75) is 32.2 Å². The molecule has 2 heterocycles. The summed E-state index contributed by atoms with van der Waals surface area (Å²) < 4.78 is 5.13. The smallest absolute Gasteiger partial charge is 0.246 e. The van der Waals surface area contributed by atoms with E-state index in [9.17, 15) is 4.79 Å². The van der Waals surface area contributed by atoms with Gasteiger partial charge in [-0.3, -0.25) is 4.79 Å². The van der Waals surface area contributed by atoms with Crippen molar-refractivity contribution in [2.75, 3.05) is 0 Å². The Labute approximate surface area is 142 Å². The van der Waals surface area contributed by atoms with Crippen LogP contribution in [-0.4, -0.2) is 21.0 Å². The van der Waals surface area contributed by atoms with E-state index in [1.807, 2.05) is 24.3 Å². The lowest BCUT2D eigenvalue weighted by molar-refractivity contribution is -0.119. The zero-order valence-corrected chi connectivity index (χ0v) is 14.0. The molecule has 0 saturated heterocycles. The van der Waals surface area contributed by atoms with Gasteiger partial charge in [-0.2, -0.15) is 4.98 Å². The lowest BCUT2D eigenvalue weighted by Crippen LogP contribution is -2.18. The third-order valence-electron chi connectivity index (χ3n) is 3.84. The second kappa shape index (κ2) is 6.16. The lowest BCUT2D eigenvalue weighted by Gasteiger charge is -1.98. The zero-order chi connectivity index (χ0) is 16.5. The number of carbonyl (C=O) groups is 1. The summed E-state index contributed by atoms with van der Waals surface area (Å²) in [6, 6.07) is 7.95. The maximum atomic E-state index is 10.9. The summed E-state index contributed by atoms with van der Waals surface area (Å²) in [6.07, 6.45) is 2.54. The Morgan fingerprint density at radius 2 is 2.00 bits per heavy atom. The second-order valence-electron chi connectivity index (χ2n) is 5.84. The van der Waals surface area contributed by atoms with E-state index in [1.54, 1.807) is 11.3 Å². The summed E-state index contributed by atoms with van der Waals surface area (Å²) in [5, 5.41) is 9.94. The number of hydrogen-bond donors (Lipinski definition) is 1. The first-order valence-corrected chi connectivity index (χ1v) is 8.70. The van der Waals surface area contributed by atoms with E-state index in [2.05, 4.69) is 20.8 Å². The van der Waals surface area contributed by atoms with Gasteiger partial charge in [0, 0.05) is 29.3 Å². The molecular formula is C17H16N4O2S. The van der Waals surface area contributed by atoms with E-state index < -0.39 is 0 Å². The molecule has 3 aromatic rings. The first-order valence-electron chi connectivity index (χ1n) is 7.82. The molecule has 0 bridgehead atoms. The molecule has 0 atom stereocenters. The SMILES string of the molecule is CC(=O)NCc1nc(-c2ccc(-c3csc(C4CC4)n3)cc2)no1. The highest BCUT2D eigenvalue weighted by molar-refractivity contribution is 7.10. The van der Waals surface area contributed by atoms with Crippen LogP contribution in [0.3, 0.4) is 0 Å². The first-order chi connectivity index (χ1) is 11.7. The largest absolute Gasteiger partial charge is 0.347 e. The van der Waals surface area contributed by atoms with Crippen LogP contribution in [0.2, 0.25) is 0 Å². The predicted octanol–water partition coefficient (Wildman–Crippen LogP) is 3.37. The molecule has 7 heteroatoms. The third-order valence-corrected chi connectivity index (χ3v) is 4.85. The van der Waals surface area contributed by atoms with Crippen LogP contribution in [0.15, 0.2) is 34.2 Å². The second-order valence-corrected chi connectivity index (χ2v) is 6.73. The van der Waals surface area contributed by atoms with Crippen LogP contribution < -0.4 is 5.32 Å². The van der Waals surface area contributed by atoms with E-state index in [0.717, 1.165) is 16.8 Å². The molecule has 2 aromatic heterocycles. The monoisotopic (exact) mass is 340 g/mol. The molecular weight excluding hydrogens is 324 g/mol. The predicted molar refractivity (Wildman–Crippen MR) is 90.3 cm³/mol. The minimum atomic E-state index is -0.132. The summed E-state index contributed by atoms with van der Waals surface area (Å²) in [7, 11) is 0. The molecule has 24 heavy (non-hydrogen) atoms. The van der Waals surface area contributed by atoms with Crippen LogP contribution in [0.5, 0.6) is 0 Å². The molecule has 6 nitrogen and oxygen atoms in total. The topological polar surface area (TPSA) is 80.9 Å². The van der Waals surface area contributed by atoms with Crippen LogP contribution in [0.25, 0.3) is 22.6 Å². The zero-order valence-electron chi connectivity index (χ0n) is 13.2. The molecule has 122 valence electrons. The van der Waals surface area contributed by atoms with Crippen molar-refractivity contribution >= 4 is 17.2 Å². The van der Waals surface area contributed by atoms with E-state index in [1.165, 1.54) is 24.8 Å². The summed E-state index contributed by atoms with van der Waals surface area (Å²) in [5.74, 6) is 1.45. The fraction of sp³-hybridized carbons (Fsp3) is 0.294. The molecule has 1 aliphatic carbocycles. The molecule has 0 spiro atoms. The molecule has 1 saturated carbocycles. The molecule has 1 aliphatic rings. The summed E-state index contributed by atoms with van der Waals surface area (Å²) in [4.78, 5) is 19.9. The van der Waals surface area contributed by atoms with Crippen LogP contribution >= 0.6 is 11.3 Å². The molecule has 1 N–H and O–H groups in total. The number of aromatic nitrogens is 3. The number of rotatable bonds is 5. The molecule has 1 fully saturated rings. The van der Waals surface area contributed by atoms with Crippen LogP contribution in [0.1, 0.15) is 36.6 Å². The Morgan fingerprint density at radius 3 is 2.71 bits per heavy atom. The van der Waals surface area contributed by atoms with Gasteiger partial charge in [-0.1, -0.05) is 29.4 Å². The number of carbonyl (C=O) groups excluding carboxylic acids is 1. The minimum Gasteiger partial charge on any atom is -0.347 e. The fourth-order valence-corrected chi connectivity index (χ4v) is 3.37. The number of amides is 1. The van der Waals surface area contributed by atoms with Crippen LogP contribution in [0.4, 0.5) is 0 Å². The number of hydrogen-bond acceptors (Lipinski definition) is 6. The number of thiazole rings is 1. The van der Waals surface area contributed by atoms with Gasteiger partial charge in [0.15, 0.2) is 0 Å². The van der Waals surface area contributed by atoms with E-state index >= 15 is 0 Å². The highest BCUT2D eigenvalue weighted by Crippen LogP contribution is 2.42. The fourth-order valence-electron chi connectivity index (χ4n) is 2.37. The average molecular weight is 340 g/mol. The quantitative estimate of drug-likeness (QED) is 0.770. The van der Waals surface area contributed by atoms with Crippen molar-refractivity contribution in [3.05, 3.63) is 40.5 Å². The molecule has 0 radical (unpaired) electrons. The Kier molecular flexibility index (Phi) is 3.86. The number of nitrogens with zero attached hydrogens (tertiary/aromatic N) is 3. The van der Waals surface area contributed by atoms with Gasteiger partial charge in [0.1, 0.15) is 0 Å². The Balaban J connectivity index is 1.49. The Bertz CT molecular complexity index is 865. The van der Waals surface area contributed by atoms with Crippen LogP contribution in [0, 0.1) is 0 Å². The average Bonchev–Trinajstić information content (AvgIpc) is 3.13. The molecule has 1 aromatic carbocycles. The van der Waals surface area contributed by atoms with Gasteiger partial charge in [0.25, 0.3) is 0 Å². The lowest BCUT2D eigenvalue weighted by atomic mass is 10.1. The number of nitrogens with one attached hydrogen (secondary N) is 1. The summed E-state index contributed by atoms with van der Waals surface area (Å²) in [6.45, 7) is 1.69. The van der Waals surface area contributed by atoms with E-state index in [-0.39, 0.29) is 12.5 Å². The van der Waals surface area contributed by atoms with Crippen molar-refractivity contribution in [3.8, 4) is 22.6 Å². The van der Waals surface area contributed by atoms with Gasteiger partial charge >= 0.3 is 0 Å². The van der Waals surface area contributed by atoms with Gasteiger partial charge in [-0.05, 0) is 12.8 Å². The highest BCUT2D eigenvalue weighted by atomic mass is 32.1. The van der Waals surface area contributed by atoms with Crippen molar-refractivity contribution < 1.29 is 9.32 Å². The molecule has 0 aliphatic heterocycles. The summed E-state index contributed by atoms with van der Waals surface area (Å²) in [5.41, 5.74) is 2.98. The summed E-state index contributed by atoms with van der Waals surface area (Å²) >= 11 is 1.74. The van der Waals surface area contributed by atoms with Crippen molar-refractivity contribution in [1.29, 1.82) is 0 Å². The van der Waals surface area contributed by atoms with Crippen molar-refractivity contribution in [3.63, 3.8) is 0 Å². The molecule has 4 rings (SSSR count). The van der Waals surface area contributed by atoms with E-state index in [4.69, 9.17) is 9.51 Å². The first kappa shape index (κ1) is 15.0. The van der Waals surface area contributed by atoms with Gasteiger partial charge in [-0.15, -0.1) is 11.3 Å². The molecule has 0 unspecified atom stereocenters. The Morgan fingerprint density at radius 1 is 1.25 bits per heavy atom. The van der Waals surface area contributed by atoms with Gasteiger partial charge in [0.05, 0.1) is 17.2 Å². The van der Waals surface area contributed by atoms with E-state index in [0.29, 0.717) is 17.6 Å². The maximum absolute atomic E-state index is 10.9. The highest BCUT2D eigenvalue weighted by Gasteiger charge is 2.26. The van der Waals surface area contributed by atoms with Gasteiger partial charge in [-0.25, -0.2) is 4.98 Å². The standard InChI is InChI=1S/C17H16N4O2S/c1-10(22)18-8-15-20-16(21-23-15)12-4-2-11(3-5-12)14-9-24-17(19-14)13-6-7-13/h2-5,9,13H,6-8H2,1H3,(H,18,22).